The normalized spacial score (nSPS) is 19.1. The average molecular weight is 507 g/mol. The van der Waals surface area contributed by atoms with Crippen LogP contribution in [-0.4, -0.2) is 43.0 Å². The minimum Gasteiger partial charge on any atom is -0.320 e. The molecular weight excluding hydrogens is 465 g/mol. The van der Waals surface area contributed by atoms with Gasteiger partial charge in [-0.1, -0.05) is 99.9 Å². The summed E-state index contributed by atoms with van der Waals surface area (Å²) in [7, 11) is -3.52. The van der Waals surface area contributed by atoms with Crippen molar-refractivity contribution in [3.8, 4) is 0 Å². The molecule has 1 fully saturated rings. The van der Waals surface area contributed by atoms with E-state index in [0.717, 1.165) is 43.8 Å². The SMILES string of the molecule is CC(=O)C1C(=NN(Cc2ccccc2)[Si](C)(C)C)CCCC1=NN(Cc1ccccc1)[Si](C)(C)C. The number of carbonyl (C=O) groups is 1. The summed E-state index contributed by atoms with van der Waals surface area (Å²) in [4.78, 5) is 13.0. The van der Waals surface area contributed by atoms with E-state index >= 15 is 0 Å². The third-order valence-electron chi connectivity index (χ3n) is 6.34. The van der Waals surface area contributed by atoms with Crippen molar-refractivity contribution in [1.29, 1.82) is 0 Å². The molecule has 0 N–H and O–H groups in total. The third kappa shape index (κ3) is 7.73. The Balaban J connectivity index is 1.96. The number of hydrazone groups is 2. The minimum absolute atomic E-state index is 0.146. The summed E-state index contributed by atoms with van der Waals surface area (Å²) in [5.41, 5.74) is 4.46. The van der Waals surface area contributed by atoms with Crippen LogP contribution in [0.3, 0.4) is 0 Å². The third-order valence-corrected chi connectivity index (χ3v) is 9.95. The predicted molar refractivity (Wildman–Crippen MR) is 154 cm³/mol. The van der Waals surface area contributed by atoms with Gasteiger partial charge in [-0.15, -0.1) is 0 Å². The molecule has 0 aliphatic heterocycles. The van der Waals surface area contributed by atoms with Gasteiger partial charge < -0.3 is 9.35 Å². The fourth-order valence-electron chi connectivity index (χ4n) is 4.28. The van der Waals surface area contributed by atoms with E-state index < -0.39 is 16.5 Å². The van der Waals surface area contributed by atoms with E-state index in [9.17, 15) is 4.79 Å². The number of ketones is 1. The van der Waals surface area contributed by atoms with E-state index in [1.54, 1.807) is 6.92 Å². The van der Waals surface area contributed by atoms with Gasteiger partial charge in [-0.05, 0) is 37.3 Å². The maximum absolute atomic E-state index is 13.0. The first kappa shape index (κ1) is 27.1. The average Bonchev–Trinajstić information content (AvgIpc) is 2.78. The number of hydrogen-bond acceptors (Lipinski definition) is 5. The molecule has 7 heteroatoms. The Morgan fingerprint density at radius 1 is 0.743 bits per heavy atom. The van der Waals surface area contributed by atoms with Crippen LogP contribution < -0.4 is 0 Å². The first-order valence-corrected chi connectivity index (χ1v) is 19.6. The molecule has 2 aromatic carbocycles. The van der Waals surface area contributed by atoms with Crippen LogP contribution in [0.25, 0.3) is 0 Å². The zero-order valence-corrected chi connectivity index (χ0v) is 24.6. The van der Waals surface area contributed by atoms with Crippen LogP contribution in [0.15, 0.2) is 70.9 Å². The van der Waals surface area contributed by atoms with Crippen molar-refractivity contribution in [2.75, 3.05) is 0 Å². The molecule has 5 nitrogen and oxygen atoms in total. The Morgan fingerprint density at radius 3 is 1.43 bits per heavy atom. The van der Waals surface area contributed by atoms with Gasteiger partial charge in [0.1, 0.15) is 5.78 Å². The molecule has 3 rings (SSSR count). The Hall–Kier alpha value is -2.52. The van der Waals surface area contributed by atoms with E-state index in [2.05, 4.69) is 97.2 Å². The Labute approximate surface area is 214 Å². The molecule has 0 atom stereocenters. The van der Waals surface area contributed by atoms with Crippen molar-refractivity contribution < 1.29 is 4.79 Å². The number of Topliss-reactive ketones (excluding diaryl/α,β-unsaturated/α-hetero) is 1. The summed E-state index contributed by atoms with van der Waals surface area (Å²) in [5.74, 6) is -0.180. The van der Waals surface area contributed by atoms with Crippen LogP contribution in [0.2, 0.25) is 39.3 Å². The second kappa shape index (κ2) is 11.5. The first-order chi connectivity index (χ1) is 16.4. The molecule has 0 bridgehead atoms. The van der Waals surface area contributed by atoms with Gasteiger partial charge in [0.25, 0.3) is 0 Å². The molecule has 0 aromatic heterocycles. The van der Waals surface area contributed by atoms with Gasteiger partial charge in [0.15, 0.2) is 16.5 Å². The number of carbonyl (C=O) groups excluding carboxylic acids is 1. The number of rotatable bonds is 9. The highest BCUT2D eigenvalue weighted by Gasteiger charge is 2.34. The van der Waals surface area contributed by atoms with Crippen molar-refractivity contribution in [3.63, 3.8) is 0 Å². The van der Waals surface area contributed by atoms with E-state index in [1.165, 1.54) is 11.1 Å². The zero-order chi connectivity index (χ0) is 25.6. The van der Waals surface area contributed by atoms with E-state index in [1.807, 2.05) is 12.1 Å². The predicted octanol–water partition coefficient (Wildman–Crippen LogP) is 6.76. The van der Waals surface area contributed by atoms with Gasteiger partial charge in [-0.25, -0.2) is 0 Å². The van der Waals surface area contributed by atoms with Gasteiger partial charge in [0, 0.05) is 0 Å². The maximum Gasteiger partial charge on any atom is 0.169 e. The highest BCUT2D eigenvalue weighted by Crippen LogP contribution is 2.26. The number of nitrogens with zero attached hydrogens (tertiary/aromatic N) is 4. The lowest BCUT2D eigenvalue weighted by Crippen LogP contribution is -2.46. The molecule has 1 saturated carbocycles. The maximum atomic E-state index is 13.0. The van der Waals surface area contributed by atoms with Gasteiger partial charge in [0.2, 0.25) is 0 Å². The molecule has 0 spiro atoms. The van der Waals surface area contributed by atoms with Crippen LogP contribution in [0.1, 0.15) is 37.3 Å². The summed E-state index contributed by atoms with van der Waals surface area (Å²) < 4.78 is 4.55. The molecule has 0 unspecified atom stereocenters. The summed E-state index contributed by atoms with van der Waals surface area (Å²) in [6.45, 7) is 17.1. The quantitative estimate of drug-likeness (QED) is 0.279. The van der Waals surface area contributed by atoms with Crippen LogP contribution in [0.4, 0.5) is 0 Å². The zero-order valence-electron chi connectivity index (χ0n) is 22.6. The van der Waals surface area contributed by atoms with Crippen molar-refractivity contribution in [2.24, 2.45) is 16.1 Å². The Morgan fingerprint density at radius 2 is 1.11 bits per heavy atom. The molecular formula is C28H42N4OSi2. The summed E-state index contributed by atoms with van der Waals surface area (Å²) >= 11 is 0. The van der Waals surface area contributed by atoms with Crippen LogP contribution in [0.5, 0.6) is 0 Å². The smallest absolute Gasteiger partial charge is 0.169 e. The molecule has 35 heavy (non-hydrogen) atoms. The summed E-state index contributed by atoms with van der Waals surface area (Å²) in [6, 6.07) is 21.0. The van der Waals surface area contributed by atoms with Crippen molar-refractivity contribution in [1.82, 2.24) is 9.35 Å². The van der Waals surface area contributed by atoms with E-state index in [0.29, 0.717) is 0 Å². The lowest BCUT2D eigenvalue weighted by atomic mass is 9.83. The molecule has 1 aliphatic rings. The van der Waals surface area contributed by atoms with Crippen molar-refractivity contribution in [3.05, 3.63) is 71.8 Å². The lowest BCUT2D eigenvalue weighted by molar-refractivity contribution is -0.117. The molecule has 188 valence electrons. The van der Waals surface area contributed by atoms with Gasteiger partial charge >= 0.3 is 0 Å². The van der Waals surface area contributed by atoms with Gasteiger partial charge in [0.05, 0.1) is 30.4 Å². The lowest BCUT2D eigenvalue weighted by Gasteiger charge is -2.36. The molecule has 0 radical (unpaired) electrons. The van der Waals surface area contributed by atoms with Gasteiger partial charge in [-0.2, -0.15) is 10.2 Å². The summed E-state index contributed by atoms with van der Waals surface area (Å²) in [6.07, 6.45) is 2.69. The molecule has 0 saturated heterocycles. The summed E-state index contributed by atoms with van der Waals surface area (Å²) in [5, 5.41) is 10.4. The number of benzene rings is 2. The fourth-order valence-corrected chi connectivity index (χ4v) is 6.45. The largest absolute Gasteiger partial charge is 0.320 e. The highest BCUT2D eigenvalue weighted by atomic mass is 28.3. The Kier molecular flexibility index (Phi) is 8.88. The standard InChI is InChI=1S/C28H42N4OSi2/c1-23(33)28-26(29-31(34(2,3)4)21-24-15-10-8-11-16-24)19-14-20-27(28)30-32(35(5,6)7)22-25-17-12-9-13-18-25/h8-13,15-18,28H,14,19-22H2,1-7H3. The van der Waals surface area contributed by atoms with Crippen molar-refractivity contribution in [2.45, 2.75) is 78.6 Å². The second-order valence-electron chi connectivity index (χ2n) is 11.5. The van der Waals surface area contributed by atoms with Crippen LogP contribution in [-0.2, 0) is 17.9 Å². The van der Waals surface area contributed by atoms with E-state index in [4.69, 9.17) is 10.2 Å². The molecule has 0 heterocycles. The number of hydrogen-bond donors (Lipinski definition) is 0. The van der Waals surface area contributed by atoms with Crippen LogP contribution >= 0.6 is 0 Å². The molecule has 0 amide bonds. The fraction of sp³-hybridized carbons (Fsp3) is 0.464. The van der Waals surface area contributed by atoms with Crippen molar-refractivity contribution >= 4 is 33.7 Å². The second-order valence-corrected chi connectivity index (χ2v) is 21.2. The van der Waals surface area contributed by atoms with Crippen LogP contribution in [0, 0.1) is 5.92 Å². The monoisotopic (exact) mass is 506 g/mol. The van der Waals surface area contributed by atoms with Gasteiger partial charge in [-0.3, -0.25) is 4.79 Å². The molecule has 1 aliphatic carbocycles. The topological polar surface area (TPSA) is 48.3 Å². The van der Waals surface area contributed by atoms with E-state index in [-0.39, 0.29) is 11.7 Å². The minimum atomic E-state index is -1.76. The molecule has 2 aromatic rings. The first-order valence-electron chi connectivity index (χ1n) is 12.7. The Bertz CT molecular complexity index is 963. The highest BCUT2D eigenvalue weighted by molar-refractivity contribution is 6.73.